The van der Waals surface area contributed by atoms with Crippen molar-refractivity contribution in [1.82, 2.24) is 0 Å². The molecule has 0 bridgehead atoms. The van der Waals surface area contributed by atoms with E-state index in [9.17, 15) is 0 Å². The van der Waals surface area contributed by atoms with E-state index in [1.807, 2.05) is 43.3 Å². The highest BCUT2D eigenvalue weighted by molar-refractivity contribution is 5.35. The molecule has 21 heavy (non-hydrogen) atoms. The molecular weight excluding hydrogens is 262 g/mol. The number of rotatable bonds is 6. The van der Waals surface area contributed by atoms with Gasteiger partial charge in [-0.3, -0.25) is 0 Å². The van der Waals surface area contributed by atoms with Crippen LogP contribution in [0, 0.1) is 6.92 Å². The molecule has 3 heteroatoms. The van der Waals surface area contributed by atoms with E-state index in [2.05, 4.69) is 19.1 Å². The topological polar surface area (TPSA) is 55.5 Å². The number of para-hydroxylation sites is 1. The van der Waals surface area contributed by atoms with Crippen LogP contribution in [0.1, 0.15) is 29.7 Å². The van der Waals surface area contributed by atoms with E-state index < -0.39 is 0 Å². The number of aliphatic hydroxyl groups is 1. The first-order chi connectivity index (χ1) is 10.1. The summed E-state index contributed by atoms with van der Waals surface area (Å²) in [6.07, 6.45) is 0.375. The minimum Gasteiger partial charge on any atom is -0.484 e. The highest BCUT2D eigenvalue weighted by atomic mass is 16.5. The van der Waals surface area contributed by atoms with Crippen molar-refractivity contribution in [1.29, 1.82) is 0 Å². The molecule has 0 aliphatic heterocycles. The summed E-state index contributed by atoms with van der Waals surface area (Å²) >= 11 is 0. The molecule has 3 nitrogen and oxygen atoms in total. The van der Waals surface area contributed by atoms with E-state index in [0.29, 0.717) is 6.42 Å². The van der Waals surface area contributed by atoms with Crippen molar-refractivity contribution >= 4 is 0 Å². The molecule has 2 aromatic carbocycles. The molecule has 112 valence electrons. The lowest BCUT2D eigenvalue weighted by Crippen LogP contribution is -2.29. The zero-order chi connectivity index (χ0) is 15.2. The lowest BCUT2D eigenvalue weighted by Gasteiger charge is -2.24. The van der Waals surface area contributed by atoms with Gasteiger partial charge in [0, 0.05) is 12.6 Å². The third-order valence-electron chi connectivity index (χ3n) is 3.46. The molecular formula is C18H23NO2. The van der Waals surface area contributed by atoms with Gasteiger partial charge < -0.3 is 15.6 Å². The minimum absolute atomic E-state index is 0.105. The van der Waals surface area contributed by atoms with Crippen molar-refractivity contribution in [3.63, 3.8) is 0 Å². The lowest BCUT2D eigenvalue weighted by molar-refractivity contribution is 0.177. The fourth-order valence-corrected chi connectivity index (χ4v) is 2.41. The Morgan fingerprint density at radius 2 is 1.90 bits per heavy atom. The first kappa shape index (κ1) is 15.5. The molecule has 2 unspecified atom stereocenters. The first-order valence-corrected chi connectivity index (χ1v) is 7.29. The Morgan fingerprint density at radius 1 is 1.14 bits per heavy atom. The van der Waals surface area contributed by atoms with Crippen LogP contribution in [-0.4, -0.2) is 17.8 Å². The van der Waals surface area contributed by atoms with Crippen molar-refractivity contribution in [3.8, 4) is 5.75 Å². The summed E-state index contributed by atoms with van der Waals surface area (Å²) in [5.41, 5.74) is 9.37. The summed E-state index contributed by atoms with van der Waals surface area (Å²) in [7, 11) is 0. The molecule has 0 aliphatic carbocycles. The van der Waals surface area contributed by atoms with E-state index in [1.165, 1.54) is 5.56 Å². The monoisotopic (exact) mass is 285 g/mol. The van der Waals surface area contributed by atoms with Crippen molar-refractivity contribution < 1.29 is 9.84 Å². The van der Waals surface area contributed by atoms with Gasteiger partial charge in [0.05, 0.1) is 0 Å². The predicted molar refractivity (Wildman–Crippen MR) is 85.4 cm³/mol. The molecule has 0 saturated carbocycles. The van der Waals surface area contributed by atoms with Crippen LogP contribution in [-0.2, 0) is 6.42 Å². The van der Waals surface area contributed by atoms with Gasteiger partial charge in [-0.1, -0.05) is 48.0 Å². The Balaban J connectivity index is 2.29. The Hall–Kier alpha value is -1.84. The average molecular weight is 285 g/mol. The number of nitrogens with two attached hydrogens (primary N) is 1. The Bertz CT molecular complexity index is 581. The van der Waals surface area contributed by atoms with Crippen LogP contribution in [0.3, 0.4) is 0 Å². The van der Waals surface area contributed by atoms with E-state index in [4.69, 9.17) is 15.6 Å². The number of hydrogen-bond donors (Lipinski definition) is 2. The lowest BCUT2D eigenvalue weighted by atomic mass is 10.0. The molecule has 2 atom stereocenters. The average Bonchev–Trinajstić information content (AvgIpc) is 2.46. The highest BCUT2D eigenvalue weighted by Gasteiger charge is 2.19. The molecule has 3 N–H and O–H groups in total. The summed E-state index contributed by atoms with van der Waals surface area (Å²) in [5, 5.41) is 9.16. The third-order valence-corrected chi connectivity index (χ3v) is 3.46. The van der Waals surface area contributed by atoms with Crippen molar-refractivity contribution in [2.45, 2.75) is 32.4 Å². The maximum atomic E-state index is 9.16. The second-order valence-corrected chi connectivity index (χ2v) is 5.39. The number of hydrogen-bond acceptors (Lipinski definition) is 3. The summed E-state index contributed by atoms with van der Waals surface area (Å²) in [4.78, 5) is 0. The van der Waals surface area contributed by atoms with Crippen LogP contribution in [0.4, 0.5) is 0 Å². The van der Waals surface area contributed by atoms with E-state index >= 15 is 0 Å². The third kappa shape index (κ3) is 4.06. The number of ether oxygens (including phenoxy) is 1. The first-order valence-electron chi connectivity index (χ1n) is 7.29. The van der Waals surface area contributed by atoms with Crippen LogP contribution >= 0.6 is 0 Å². The zero-order valence-electron chi connectivity index (χ0n) is 12.6. The number of aryl methyl sites for hydroxylation is 1. The van der Waals surface area contributed by atoms with Crippen LogP contribution in [0.2, 0.25) is 0 Å². The molecule has 0 radical (unpaired) electrons. The smallest absolute Gasteiger partial charge is 0.138 e. The van der Waals surface area contributed by atoms with Gasteiger partial charge in [-0.2, -0.15) is 0 Å². The molecule has 0 aromatic heterocycles. The molecule has 0 amide bonds. The van der Waals surface area contributed by atoms with Gasteiger partial charge in [0.25, 0.3) is 0 Å². The molecule has 0 heterocycles. The molecule has 0 aliphatic rings. The van der Waals surface area contributed by atoms with Gasteiger partial charge in [-0.05, 0) is 37.5 Å². The highest BCUT2D eigenvalue weighted by Crippen LogP contribution is 2.27. The van der Waals surface area contributed by atoms with Gasteiger partial charge in [0.1, 0.15) is 11.9 Å². The van der Waals surface area contributed by atoms with Crippen LogP contribution in [0.15, 0.2) is 48.5 Å². The quantitative estimate of drug-likeness (QED) is 0.858. The van der Waals surface area contributed by atoms with Gasteiger partial charge in [-0.15, -0.1) is 0 Å². The Morgan fingerprint density at radius 3 is 2.57 bits per heavy atom. The standard InChI is InChI=1S/C18H23NO2/c1-13-6-5-8-16(12-13)18(14(2)19)21-17-9-4-3-7-15(17)10-11-20/h3-9,12,14,18,20H,10-11,19H2,1-2H3. The van der Waals surface area contributed by atoms with Gasteiger partial charge in [0.15, 0.2) is 0 Å². The SMILES string of the molecule is Cc1cccc(C(Oc2ccccc2CCO)C(C)N)c1. The second kappa shape index (κ2) is 7.25. The predicted octanol–water partition coefficient (Wildman–Crippen LogP) is 3.00. The molecule has 0 spiro atoms. The normalized spacial score (nSPS) is 13.7. The summed E-state index contributed by atoms with van der Waals surface area (Å²) in [5.74, 6) is 0.787. The largest absolute Gasteiger partial charge is 0.484 e. The van der Waals surface area contributed by atoms with Crippen molar-refractivity contribution in [2.24, 2.45) is 5.73 Å². The summed E-state index contributed by atoms with van der Waals surface area (Å²) < 4.78 is 6.16. The fraction of sp³-hybridized carbons (Fsp3) is 0.333. The fourth-order valence-electron chi connectivity index (χ4n) is 2.41. The van der Waals surface area contributed by atoms with Gasteiger partial charge >= 0.3 is 0 Å². The van der Waals surface area contributed by atoms with Crippen molar-refractivity contribution in [2.75, 3.05) is 6.61 Å². The van der Waals surface area contributed by atoms with Crippen LogP contribution in [0.25, 0.3) is 0 Å². The van der Waals surface area contributed by atoms with Crippen LogP contribution < -0.4 is 10.5 Å². The Labute approximate surface area is 126 Å². The maximum Gasteiger partial charge on any atom is 0.138 e. The Kier molecular flexibility index (Phi) is 5.37. The summed E-state index contributed by atoms with van der Waals surface area (Å²) in [6, 6.07) is 15.9. The maximum absolute atomic E-state index is 9.16. The van der Waals surface area contributed by atoms with Crippen LogP contribution in [0.5, 0.6) is 5.75 Å². The van der Waals surface area contributed by atoms with E-state index in [0.717, 1.165) is 16.9 Å². The van der Waals surface area contributed by atoms with E-state index in [1.54, 1.807) is 0 Å². The van der Waals surface area contributed by atoms with E-state index in [-0.39, 0.29) is 18.8 Å². The molecule has 2 rings (SSSR count). The summed E-state index contributed by atoms with van der Waals surface area (Å²) in [6.45, 7) is 4.11. The molecule has 0 saturated heterocycles. The minimum atomic E-state index is -0.204. The van der Waals surface area contributed by atoms with Gasteiger partial charge in [-0.25, -0.2) is 0 Å². The van der Waals surface area contributed by atoms with Crippen molar-refractivity contribution in [3.05, 3.63) is 65.2 Å². The molecule has 0 fully saturated rings. The molecule has 2 aromatic rings. The zero-order valence-corrected chi connectivity index (χ0v) is 12.6. The second-order valence-electron chi connectivity index (χ2n) is 5.39. The van der Waals surface area contributed by atoms with Gasteiger partial charge in [0.2, 0.25) is 0 Å². The number of aliphatic hydroxyl groups excluding tert-OH is 1. The number of benzene rings is 2.